The molecule has 0 aromatic heterocycles. The van der Waals surface area contributed by atoms with Gasteiger partial charge in [0.05, 0.1) is 4.90 Å². The maximum atomic E-state index is 13.1. The zero-order valence-corrected chi connectivity index (χ0v) is 20.0. The van der Waals surface area contributed by atoms with Gasteiger partial charge in [-0.25, -0.2) is 8.42 Å². The normalized spacial score (nSPS) is 14.7. The van der Waals surface area contributed by atoms with Gasteiger partial charge in [0.15, 0.2) is 0 Å². The monoisotopic (exact) mass is 477 g/mol. The van der Waals surface area contributed by atoms with E-state index in [2.05, 4.69) is 10.0 Å². The average molecular weight is 478 g/mol. The highest BCUT2D eigenvalue weighted by Gasteiger charge is 2.29. The minimum atomic E-state index is -3.95. The smallest absolute Gasteiger partial charge is 0.241 e. The number of nitrogens with one attached hydrogen (secondary N) is 2. The molecule has 0 aliphatic carbocycles. The quantitative estimate of drug-likeness (QED) is 0.639. The summed E-state index contributed by atoms with van der Waals surface area (Å²) in [5, 5.41) is 3.30. The second-order valence-corrected chi connectivity index (χ2v) is 10.3. The molecule has 1 aliphatic heterocycles. The van der Waals surface area contributed by atoms with Crippen LogP contribution in [-0.2, 0) is 32.6 Å². The number of hydrogen-bond acceptors (Lipinski definition) is 4. The topological polar surface area (TPSA) is 95.6 Å². The number of sulfonamides is 1. The average Bonchev–Trinajstić information content (AvgIpc) is 2.75. The molecule has 172 valence electrons. The highest BCUT2D eigenvalue weighted by atomic mass is 35.5. The van der Waals surface area contributed by atoms with E-state index < -0.39 is 22.0 Å². The second-order valence-electron chi connectivity index (χ2n) is 8.22. The van der Waals surface area contributed by atoms with Crippen LogP contribution in [0.5, 0.6) is 0 Å². The van der Waals surface area contributed by atoms with Gasteiger partial charge in [-0.05, 0) is 54.2 Å². The van der Waals surface area contributed by atoms with E-state index in [1.165, 1.54) is 13.0 Å². The lowest BCUT2D eigenvalue weighted by Gasteiger charge is -2.29. The molecule has 0 saturated carbocycles. The summed E-state index contributed by atoms with van der Waals surface area (Å²) >= 11 is 6.14. The van der Waals surface area contributed by atoms with Crippen LogP contribution < -0.4 is 14.9 Å². The van der Waals surface area contributed by atoms with Gasteiger partial charge in [-0.15, -0.1) is 0 Å². The van der Waals surface area contributed by atoms with Crippen molar-refractivity contribution in [1.82, 2.24) is 10.0 Å². The van der Waals surface area contributed by atoms with E-state index >= 15 is 0 Å². The Morgan fingerprint density at radius 1 is 1.16 bits per heavy atom. The fourth-order valence-corrected chi connectivity index (χ4v) is 5.33. The Morgan fingerprint density at radius 2 is 1.88 bits per heavy atom. The molecule has 9 heteroatoms. The molecule has 1 heterocycles. The van der Waals surface area contributed by atoms with Gasteiger partial charge in [0.2, 0.25) is 21.8 Å². The molecule has 2 N–H and O–H groups in total. The molecule has 0 unspecified atom stereocenters. The highest BCUT2D eigenvalue weighted by Crippen LogP contribution is 2.29. The summed E-state index contributed by atoms with van der Waals surface area (Å²) < 4.78 is 28.7. The summed E-state index contributed by atoms with van der Waals surface area (Å²) in [4.78, 5) is 26.4. The molecule has 1 aliphatic rings. The Kier molecular flexibility index (Phi) is 7.59. The van der Waals surface area contributed by atoms with Gasteiger partial charge in [0, 0.05) is 30.7 Å². The number of carbonyl (C=O) groups excluding carboxylic acids is 2. The first kappa shape index (κ1) is 24.2. The summed E-state index contributed by atoms with van der Waals surface area (Å²) in [5.41, 5.74) is 2.29. The van der Waals surface area contributed by atoms with E-state index in [1.807, 2.05) is 6.07 Å². The third-order valence-electron chi connectivity index (χ3n) is 5.50. The van der Waals surface area contributed by atoms with Crippen molar-refractivity contribution in [2.75, 3.05) is 11.4 Å². The Balaban J connectivity index is 1.77. The predicted octanol–water partition coefficient (Wildman–Crippen LogP) is 3.26. The largest absolute Gasteiger partial charge is 0.351 e. The molecule has 7 nitrogen and oxygen atoms in total. The lowest BCUT2D eigenvalue weighted by atomic mass is 10.0. The fourth-order valence-electron chi connectivity index (χ4n) is 3.73. The second kappa shape index (κ2) is 10.0. The molecule has 0 spiro atoms. The van der Waals surface area contributed by atoms with E-state index in [-0.39, 0.29) is 23.3 Å². The van der Waals surface area contributed by atoms with Crippen molar-refractivity contribution in [2.45, 2.75) is 51.1 Å². The number of fused-ring (bicyclic) bond motifs is 1. The molecular weight excluding hydrogens is 450 g/mol. The number of anilines is 1. The molecule has 0 radical (unpaired) electrons. The SMILES string of the molecule is CC(=O)N1CCCc2cc(S(=O)(=O)N[C@@H](C(=O)NCc3ccccc3Cl)C(C)C)ccc21. The number of aryl methyl sites for hydroxylation is 1. The molecule has 1 atom stereocenters. The molecule has 2 aromatic rings. The van der Waals surface area contributed by atoms with Gasteiger partial charge < -0.3 is 10.2 Å². The lowest BCUT2D eigenvalue weighted by Crippen LogP contribution is -2.49. The van der Waals surface area contributed by atoms with Crippen LogP contribution in [-0.4, -0.2) is 32.8 Å². The summed E-state index contributed by atoms with van der Waals surface area (Å²) in [7, 11) is -3.95. The van der Waals surface area contributed by atoms with E-state index in [9.17, 15) is 18.0 Å². The first-order chi connectivity index (χ1) is 15.1. The maximum Gasteiger partial charge on any atom is 0.241 e. The van der Waals surface area contributed by atoms with Crippen molar-refractivity contribution in [3.63, 3.8) is 0 Å². The minimum absolute atomic E-state index is 0.0743. The maximum absolute atomic E-state index is 13.1. The fraction of sp³-hybridized carbons (Fsp3) is 0.391. The van der Waals surface area contributed by atoms with Crippen LogP contribution in [0.15, 0.2) is 47.4 Å². The van der Waals surface area contributed by atoms with Gasteiger partial charge >= 0.3 is 0 Å². The summed E-state index contributed by atoms with van der Waals surface area (Å²) in [6.07, 6.45) is 1.46. The zero-order valence-electron chi connectivity index (χ0n) is 18.4. The van der Waals surface area contributed by atoms with E-state index in [0.717, 1.165) is 23.2 Å². The molecule has 2 aromatic carbocycles. The number of rotatable bonds is 7. The van der Waals surface area contributed by atoms with Crippen LogP contribution in [0.4, 0.5) is 5.69 Å². The van der Waals surface area contributed by atoms with Crippen LogP contribution in [0.25, 0.3) is 0 Å². The number of halogens is 1. The van der Waals surface area contributed by atoms with Crippen molar-refractivity contribution < 1.29 is 18.0 Å². The summed E-state index contributed by atoms with van der Waals surface area (Å²) in [6, 6.07) is 10.9. The Hall–Kier alpha value is -2.42. The highest BCUT2D eigenvalue weighted by molar-refractivity contribution is 7.89. The predicted molar refractivity (Wildman–Crippen MR) is 125 cm³/mol. The first-order valence-corrected chi connectivity index (χ1v) is 12.4. The molecule has 32 heavy (non-hydrogen) atoms. The molecule has 0 saturated heterocycles. The standard InChI is InChI=1S/C23H28ClN3O4S/c1-15(2)22(23(29)25-14-18-7-4-5-9-20(18)24)26-32(30,31)19-10-11-21-17(13-19)8-6-12-27(21)16(3)28/h4-5,7,9-11,13,15,22,26H,6,8,12,14H2,1-3H3,(H,25,29)/t22-/m1/s1. The molecular formula is C23H28ClN3O4S. The summed E-state index contributed by atoms with van der Waals surface area (Å²) in [5.74, 6) is -0.777. The number of hydrogen-bond donors (Lipinski definition) is 2. The van der Waals surface area contributed by atoms with Crippen LogP contribution in [0, 0.1) is 5.92 Å². The number of amides is 2. The van der Waals surface area contributed by atoms with Crippen molar-refractivity contribution in [2.24, 2.45) is 5.92 Å². The van der Waals surface area contributed by atoms with Crippen LogP contribution in [0.1, 0.15) is 38.3 Å². The Bertz CT molecular complexity index is 1120. The van der Waals surface area contributed by atoms with Gasteiger partial charge in [-0.3, -0.25) is 9.59 Å². The van der Waals surface area contributed by atoms with Crippen molar-refractivity contribution in [1.29, 1.82) is 0 Å². The molecule has 0 bridgehead atoms. The first-order valence-electron chi connectivity index (χ1n) is 10.5. The van der Waals surface area contributed by atoms with E-state index in [4.69, 9.17) is 11.6 Å². The van der Waals surface area contributed by atoms with Crippen LogP contribution >= 0.6 is 11.6 Å². The molecule has 3 rings (SSSR count). The van der Waals surface area contributed by atoms with E-state index in [1.54, 1.807) is 49.1 Å². The number of carbonyl (C=O) groups is 2. The zero-order chi connectivity index (χ0) is 23.5. The molecule has 0 fully saturated rings. The third kappa shape index (κ3) is 5.49. The number of nitrogens with zero attached hydrogens (tertiary/aromatic N) is 1. The van der Waals surface area contributed by atoms with Crippen molar-refractivity contribution in [3.05, 3.63) is 58.6 Å². The number of benzene rings is 2. The van der Waals surface area contributed by atoms with Crippen LogP contribution in [0.2, 0.25) is 5.02 Å². The van der Waals surface area contributed by atoms with Crippen LogP contribution in [0.3, 0.4) is 0 Å². The van der Waals surface area contributed by atoms with Gasteiger partial charge in [-0.1, -0.05) is 43.6 Å². The summed E-state index contributed by atoms with van der Waals surface area (Å²) in [6.45, 7) is 5.87. The van der Waals surface area contributed by atoms with Gasteiger partial charge in [0.1, 0.15) is 6.04 Å². The van der Waals surface area contributed by atoms with Gasteiger partial charge in [0.25, 0.3) is 0 Å². The van der Waals surface area contributed by atoms with Crippen molar-refractivity contribution in [3.8, 4) is 0 Å². The molecule has 2 amide bonds. The third-order valence-corrected chi connectivity index (χ3v) is 7.31. The van der Waals surface area contributed by atoms with Gasteiger partial charge in [-0.2, -0.15) is 4.72 Å². The van der Waals surface area contributed by atoms with Crippen molar-refractivity contribution >= 4 is 39.1 Å². The minimum Gasteiger partial charge on any atom is -0.351 e. The lowest BCUT2D eigenvalue weighted by molar-refractivity contribution is -0.123. The van der Waals surface area contributed by atoms with E-state index in [0.29, 0.717) is 18.0 Å². The Morgan fingerprint density at radius 3 is 2.53 bits per heavy atom. The Labute approximate surface area is 194 Å².